The number of pyridine rings is 2. The molecule has 24 heavy (non-hydrogen) atoms. The van der Waals surface area contributed by atoms with Crippen LogP contribution in [0.5, 0.6) is 0 Å². The maximum Gasteiger partial charge on any atom is 0.167 e. The van der Waals surface area contributed by atoms with E-state index in [4.69, 9.17) is 11.6 Å². The maximum absolute atomic E-state index is 14.0. The quantitative estimate of drug-likeness (QED) is 0.848. The first-order valence-corrected chi connectivity index (χ1v) is 8.31. The summed E-state index contributed by atoms with van der Waals surface area (Å²) in [6, 6.07) is 5.46. The highest BCUT2D eigenvalue weighted by Gasteiger charge is 2.21. The lowest BCUT2D eigenvalue weighted by Crippen LogP contribution is -2.47. The molecule has 2 aromatic rings. The van der Waals surface area contributed by atoms with Crippen LogP contribution in [0.1, 0.15) is 5.56 Å². The molecule has 0 amide bonds. The average Bonchev–Trinajstić information content (AvgIpc) is 2.55. The van der Waals surface area contributed by atoms with Crippen molar-refractivity contribution in [2.75, 3.05) is 50.1 Å². The van der Waals surface area contributed by atoms with E-state index < -0.39 is 0 Å². The van der Waals surface area contributed by atoms with Crippen LogP contribution in [0.15, 0.2) is 30.6 Å². The fourth-order valence-corrected chi connectivity index (χ4v) is 2.99. The number of rotatable bonds is 4. The van der Waals surface area contributed by atoms with Gasteiger partial charge in [0.05, 0.1) is 5.02 Å². The van der Waals surface area contributed by atoms with Gasteiger partial charge in [-0.1, -0.05) is 17.7 Å². The van der Waals surface area contributed by atoms with Crippen molar-refractivity contribution in [3.05, 3.63) is 47.0 Å². The molecule has 1 aliphatic rings. The Morgan fingerprint density at radius 3 is 2.38 bits per heavy atom. The van der Waals surface area contributed by atoms with Gasteiger partial charge in [0.2, 0.25) is 0 Å². The molecule has 1 fully saturated rings. The summed E-state index contributed by atoms with van der Waals surface area (Å²) in [5.74, 6) is 0.956. The third kappa shape index (κ3) is 3.94. The average molecular weight is 350 g/mol. The van der Waals surface area contributed by atoms with E-state index in [9.17, 15) is 4.39 Å². The van der Waals surface area contributed by atoms with Crippen LogP contribution in [0.3, 0.4) is 0 Å². The molecule has 0 bridgehead atoms. The molecule has 1 aliphatic heterocycles. The van der Waals surface area contributed by atoms with Gasteiger partial charge < -0.3 is 14.7 Å². The SMILES string of the molecule is CN(C)Cc1ccc(N2CCN(c3ncc(Cl)cc3F)CC2)nc1. The van der Waals surface area contributed by atoms with E-state index in [2.05, 4.69) is 31.9 Å². The van der Waals surface area contributed by atoms with E-state index >= 15 is 0 Å². The maximum atomic E-state index is 14.0. The molecule has 0 spiro atoms. The summed E-state index contributed by atoms with van der Waals surface area (Å²) in [5.41, 5.74) is 1.19. The number of hydrogen-bond acceptors (Lipinski definition) is 5. The topological polar surface area (TPSA) is 35.5 Å². The second-order valence-electron chi connectivity index (χ2n) is 6.20. The van der Waals surface area contributed by atoms with Crippen LogP contribution in [-0.4, -0.2) is 55.1 Å². The fraction of sp³-hybridized carbons (Fsp3) is 0.412. The minimum atomic E-state index is -0.373. The standard InChI is InChI=1S/C17H21ClFN5/c1-22(2)12-13-3-4-16(20-10-13)23-5-7-24(8-6-23)17-15(19)9-14(18)11-21-17/h3-4,9-11H,5-8,12H2,1-2H3. The Bertz CT molecular complexity index is 684. The predicted molar refractivity (Wildman–Crippen MR) is 95.3 cm³/mol. The van der Waals surface area contributed by atoms with Gasteiger partial charge in [0.25, 0.3) is 0 Å². The number of nitrogens with zero attached hydrogens (tertiary/aromatic N) is 5. The Labute approximate surface area is 146 Å². The molecule has 0 atom stereocenters. The molecule has 128 valence electrons. The predicted octanol–water partition coefficient (Wildman–Crippen LogP) is 2.66. The normalized spacial score (nSPS) is 15.2. The largest absolute Gasteiger partial charge is 0.353 e. The lowest BCUT2D eigenvalue weighted by atomic mass is 10.2. The van der Waals surface area contributed by atoms with Crippen molar-refractivity contribution < 1.29 is 4.39 Å². The summed E-state index contributed by atoms with van der Waals surface area (Å²) in [4.78, 5) is 14.9. The lowest BCUT2D eigenvalue weighted by Gasteiger charge is -2.36. The molecule has 2 aromatic heterocycles. The van der Waals surface area contributed by atoms with Gasteiger partial charge in [0, 0.05) is 45.1 Å². The highest BCUT2D eigenvalue weighted by Crippen LogP contribution is 2.22. The van der Waals surface area contributed by atoms with Crippen molar-refractivity contribution in [2.24, 2.45) is 0 Å². The van der Waals surface area contributed by atoms with Crippen LogP contribution in [0.4, 0.5) is 16.0 Å². The zero-order valence-corrected chi connectivity index (χ0v) is 14.7. The third-order valence-electron chi connectivity index (χ3n) is 4.00. The van der Waals surface area contributed by atoms with Gasteiger partial charge in [-0.15, -0.1) is 0 Å². The molecule has 3 rings (SSSR count). The molecule has 0 unspecified atom stereocenters. The number of halogens is 2. The summed E-state index contributed by atoms with van der Waals surface area (Å²) in [7, 11) is 4.08. The molecule has 0 N–H and O–H groups in total. The first kappa shape index (κ1) is 16.9. The first-order chi connectivity index (χ1) is 11.5. The number of anilines is 2. The van der Waals surface area contributed by atoms with Crippen molar-refractivity contribution in [1.29, 1.82) is 0 Å². The van der Waals surface area contributed by atoms with Crippen molar-refractivity contribution in [2.45, 2.75) is 6.54 Å². The van der Waals surface area contributed by atoms with E-state index in [1.807, 2.05) is 25.2 Å². The molecular weight excluding hydrogens is 329 g/mol. The molecule has 0 aliphatic carbocycles. The Balaban J connectivity index is 1.62. The van der Waals surface area contributed by atoms with Gasteiger partial charge in [0.15, 0.2) is 11.6 Å². The van der Waals surface area contributed by atoms with Gasteiger partial charge >= 0.3 is 0 Å². The van der Waals surface area contributed by atoms with E-state index in [-0.39, 0.29) is 5.82 Å². The zero-order chi connectivity index (χ0) is 17.1. The second-order valence-corrected chi connectivity index (χ2v) is 6.63. The number of hydrogen-bond donors (Lipinski definition) is 0. The summed E-state index contributed by atoms with van der Waals surface area (Å²) in [6.07, 6.45) is 3.40. The lowest BCUT2D eigenvalue weighted by molar-refractivity contribution is 0.402. The summed E-state index contributed by atoms with van der Waals surface area (Å²) >= 11 is 5.76. The van der Waals surface area contributed by atoms with Crippen molar-refractivity contribution in [1.82, 2.24) is 14.9 Å². The highest BCUT2D eigenvalue weighted by atomic mass is 35.5. The summed E-state index contributed by atoms with van der Waals surface area (Å²) < 4.78 is 14.0. The molecule has 1 saturated heterocycles. The van der Waals surface area contributed by atoms with Gasteiger partial charge in [-0.2, -0.15) is 0 Å². The van der Waals surface area contributed by atoms with Crippen molar-refractivity contribution in [3.8, 4) is 0 Å². The van der Waals surface area contributed by atoms with E-state index in [1.165, 1.54) is 17.8 Å². The van der Waals surface area contributed by atoms with Crippen LogP contribution in [0.2, 0.25) is 5.02 Å². The van der Waals surface area contributed by atoms with E-state index in [0.717, 1.165) is 25.5 Å². The molecular formula is C17H21ClFN5. The number of aromatic nitrogens is 2. The molecule has 0 radical (unpaired) electrons. The fourth-order valence-electron chi connectivity index (χ4n) is 2.85. The minimum absolute atomic E-state index is 0.317. The third-order valence-corrected chi connectivity index (χ3v) is 4.21. The molecule has 7 heteroatoms. The Morgan fingerprint density at radius 1 is 1.08 bits per heavy atom. The van der Waals surface area contributed by atoms with Crippen LogP contribution in [0, 0.1) is 5.82 Å². The second kappa shape index (κ2) is 7.32. The van der Waals surface area contributed by atoms with Gasteiger partial charge in [-0.3, -0.25) is 0 Å². The first-order valence-electron chi connectivity index (χ1n) is 7.93. The summed E-state index contributed by atoms with van der Waals surface area (Å²) in [5, 5.41) is 0.317. The van der Waals surface area contributed by atoms with Gasteiger partial charge in [-0.05, 0) is 31.8 Å². The Morgan fingerprint density at radius 2 is 1.79 bits per heavy atom. The van der Waals surface area contributed by atoms with E-state index in [1.54, 1.807) is 0 Å². The van der Waals surface area contributed by atoms with Crippen molar-refractivity contribution in [3.63, 3.8) is 0 Å². The monoisotopic (exact) mass is 349 g/mol. The van der Waals surface area contributed by atoms with Crippen LogP contribution < -0.4 is 9.80 Å². The van der Waals surface area contributed by atoms with Gasteiger partial charge in [0.1, 0.15) is 5.82 Å². The molecule has 0 saturated carbocycles. The smallest absolute Gasteiger partial charge is 0.167 e. The highest BCUT2D eigenvalue weighted by molar-refractivity contribution is 6.30. The molecule has 3 heterocycles. The Hall–Kier alpha value is -1.92. The summed E-state index contributed by atoms with van der Waals surface area (Å²) in [6.45, 7) is 3.84. The van der Waals surface area contributed by atoms with E-state index in [0.29, 0.717) is 23.9 Å². The van der Waals surface area contributed by atoms with Crippen LogP contribution in [0.25, 0.3) is 0 Å². The minimum Gasteiger partial charge on any atom is -0.353 e. The van der Waals surface area contributed by atoms with Crippen LogP contribution in [-0.2, 0) is 6.54 Å². The van der Waals surface area contributed by atoms with Crippen LogP contribution >= 0.6 is 11.6 Å². The zero-order valence-electron chi connectivity index (χ0n) is 13.9. The molecule has 0 aromatic carbocycles. The van der Waals surface area contributed by atoms with Crippen molar-refractivity contribution >= 4 is 23.2 Å². The molecule has 5 nitrogen and oxygen atoms in total. The number of piperazine rings is 1. The Kier molecular flexibility index (Phi) is 5.16. The van der Waals surface area contributed by atoms with Gasteiger partial charge in [-0.25, -0.2) is 14.4 Å².